The lowest BCUT2D eigenvalue weighted by molar-refractivity contribution is 0.0955. The van der Waals surface area contributed by atoms with E-state index in [9.17, 15) is 4.79 Å². The van der Waals surface area contributed by atoms with Gasteiger partial charge in [-0.1, -0.05) is 17.7 Å². The Morgan fingerprint density at radius 1 is 1.38 bits per heavy atom. The first-order valence-electron chi connectivity index (χ1n) is 4.08. The summed E-state index contributed by atoms with van der Waals surface area (Å²) in [5.74, 6) is -0.182. The molecule has 0 bridgehead atoms. The maximum Gasteiger partial charge on any atom is 0.271 e. The third kappa shape index (κ3) is 2.71. The molecule has 1 rings (SSSR count). The quantitative estimate of drug-likeness (QED) is 0.541. The topological polar surface area (TPSA) is 41.5 Å². The van der Waals surface area contributed by atoms with Gasteiger partial charge in [-0.05, 0) is 26.0 Å². The van der Waals surface area contributed by atoms with Crippen molar-refractivity contribution in [3.05, 3.63) is 35.4 Å². The Labute approximate surface area is 77.5 Å². The lowest BCUT2D eigenvalue weighted by atomic mass is 10.1. The molecule has 0 unspecified atom stereocenters. The standard InChI is InChI=1S/C10H12N2O/c1-3-11-12-10(13)9-6-4-8(2)5-7-9/h3-7H,1-2H3,(H,12,13). The minimum Gasteiger partial charge on any atom is -0.267 e. The molecule has 1 aromatic carbocycles. The predicted molar refractivity (Wildman–Crippen MR) is 52.8 cm³/mol. The Hall–Kier alpha value is -1.64. The highest BCUT2D eigenvalue weighted by atomic mass is 16.2. The number of hydrogen-bond donors (Lipinski definition) is 1. The Bertz CT molecular complexity index is 314. The smallest absolute Gasteiger partial charge is 0.267 e. The van der Waals surface area contributed by atoms with Crippen molar-refractivity contribution in [2.24, 2.45) is 5.10 Å². The highest BCUT2D eigenvalue weighted by Crippen LogP contribution is 2.02. The van der Waals surface area contributed by atoms with Gasteiger partial charge in [0.05, 0.1) is 0 Å². The number of carbonyl (C=O) groups excluding carboxylic acids is 1. The summed E-state index contributed by atoms with van der Waals surface area (Å²) in [4.78, 5) is 11.3. The molecule has 1 amide bonds. The number of hydrogen-bond acceptors (Lipinski definition) is 2. The lowest BCUT2D eigenvalue weighted by Gasteiger charge is -1.99. The molecule has 0 fully saturated rings. The summed E-state index contributed by atoms with van der Waals surface area (Å²) >= 11 is 0. The molecule has 0 heterocycles. The van der Waals surface area contributed by atoms with Crippen LogP contribution in [-0.2, 0) is 0 Å². The van der Waals surface area contributed by atoms with Crippen molar-refractivity contribution in [2.45, 2.75) is 13.8 Å². The fourth-order valence-corrected chi connectivity index (χ4v) is 0.893. The summed E-state index contributed by atoms with van der Waals surface area (Å²) in [5.41, 5.74) is 4.15. The van der Waals surface area contributed by atoms with E-state index in [0.29, 0.717) is 5.56 Å². The van der Waals surface area contributed by atoms with Crippen molar-refractivity contribution in [2.75, 3.05) is 0 Å². The van der Waals surface area contributed by atoms with Gasteiger partial charge >= 0.3 is 0 Å². The maximum atomic E-state index is 11.3. The summed E-state index contributed by atoms with van der Waals surface area (Å²) in [6.07, 6.45) is 1.53. The molecule has 13 heavy (non-hydrogen) atoms. The second-order valence-electron chi connectivity index (χ2n) is 2.69. The number of nitrogens with one attached hydrogen (secondary N) is 1. The molecule has 0 aliphatic rings. The molecule has 3 heteroatoms. The molecule has 0 aliphatic carbocycles. The fourth-order valence-electron chi connectivity index (χ4n) is 0.893. The number of aryl methyl sites for hydroxylation is 1. The summed E-state index contributed by atoms with van der Waals surface area (Å²) in [6.45, 7) is 3.72. The van der Waals surface area contributed by atoms with Gasteiger partial charge in [-0.3, -0.25) is 4.79 Å². The van der Waals surface area contributed by atoms with Crippen LogP contribution in [0.15, 0.2) is 29.4 Å². The SMILES string of the molecule is CC=NNC(=O)c1ccc(C)cc1. The summed E-state index contributed by atoms with van der Waals surface area (Å²) in [7, 11) is 0. The molecular formula is C10H12N2O. The maximum absolute atomic E-state index is 11.3. The average molecular weight is 176 g/mol. The van der Waals surface area contributed by atoms with Crippen LogP contribution in [0.4, 0.5) is 0 Å². The van der Waals surface area contributed by atoms with Crippen molar-refractivity contribution in [1.29, 1.82) is 0 Å². The van der Waals surface area contributed by atoms with E-state index in [1.165, 1.54) is 6.21 Å². The van der Waals surface area contributed by atoms with Gasteiger partial charge < -0.3 is 0 Å². The molecule has 0 radical (unpaired) electrons. The van der Waals surface area contributed by atoms with Gasteiger partial charge in [0.1, 0.15) is 0 Å². The van der Waals surface area contributed by atoms with E-state index in [1.807, 2.05) is 19.1 Å². The second kappa shape index (κ2) is 4.40. The van der Waals surface area contributed by atoms with E-state index >= 15 is 0 Å². The monoisotopic (exact) mass is 176 g/mol. The van der Waals surface area contributed by atoms with Crippen LogP contribution >= 0.6 is 0 Å². The Morgan fingerprint density at radius 3 is 2.54 bits per heavy atom. The van der Waals surface area contributed by atoms with Crippen LogP contribution in [0.1, 0.15) is 22.8 Å². The van der Waals surface area contributed by atoms with Crippen LogP contribution in [0.3, 0.4) is 0 Å². The van der Waals surface area contributed by atoms with Crippen molar-refractivity contribution in [1.82, 2.24) is 5.43 Å². The molecule has 68 valence electrons. The number of nitrogens with zero attached hydrogens (tertiary/aromatic N) is 1. The number of amides is 1. The summed E-state index contributed by atoms with van der Waals surface area (Å²) in [5, 5.41) is 3.65. The molecular weight excluding hydrogens is 164 g/mol. The summed E-state index contributed by atoms with van der Waals surface area (Å²) < 4.78 is 0. The first-order valence-corrected chi connectivity index (χ1v) is 4.08. The fraction of sp³-hybridized carbons (Fsp3) is 0.200. The number of hydrazone groups is 1. The lowest BCUT2D eigenvalue weighted by Crippen LogP contribution is -2.16. The third-order valence-electron chi connectivity index (χ3n) is 1.61. The Balaban J connectivity index is 2.72. The molecule has 0 aromatic heterocycles. The first kappa shape index (κ1) is 9.45. The van der Waals surface area contributed by atoms with Gasteiger partial charge in [-0.2, -0.15) is 5.10 Å². The number of benzene rings is 1. The molecule has 0 saturated carbocycles. The minimum atomic E-state index is -0.182. The molecule has 0 atom stereocenters. The first-order chi connectivity index (χ1) is 6.24. The summed E-state index contributed by atoms with van der Waals surface area (Å²) in [6, 6.07) is 7.33. The minimum absolute atomic E-state index is 0.182. The average Bonchev–Trinajstić information content (AvgIpc) is 2.15. The molecule has 1 aromatic rings. The van der Waals surface area contributed by atoms with Crippen molar-refractivity contribution in [3.63, 3.8) is 0 Å². The molecule has 0 aliphatic heterocycles. The molecule has 1 N–H and O–H groups in total. The predicted octanol–water partition coefficient (Wildman–Crippen LogP) is 1.73. The second-order valence-corrected chi connectivity index (χ2v) is 2.69. The zero-order valence-corrected chi connectivity index (χ0v) is 7.74. The highest BCUT2D eigenvalue weighted by Gasteiger charge is 2.01. The number of carbonyl (C=O) groups is 1. The van der Waals surface area contributed by atoms with Gasteiger partial charge in [-0.25, -0.2) is 5.43 Å². The van der Waals surface area contributed by atoms with Crippen LogP contribution in [0.2, 0.25) is 0 Å². The van der Waals surface area contributed by atoms with Crippen LogP contribution in [0, 0.1) is 6.92 Å². The molecule has 3 nitrogen and oxygen atoms in total. The highest BCUT2D eigenvalue weighted by molar-refractivity contribution is 5.94. The van der Waals surface area contributed by atoms with Gasteiger partial charge in [-0.15, -0.1) is 0 Å². The van der Waals surface area contributed by atoms with Gasteiger partial charge in [0.15, 0.2) is 0 Å². The van der Waals surface area contributed by atoms with E-state index in [0.717, 1.165) is 5.56 Å². The van der Waals surface area contributed by atoms with Crippen LogP contribution < -0.4 is 5.43 Å². The van der Waals surface area contributed by atoms with E-state index in [1.54, 1.807) is 19.1 Å². The van der Waals surface area contributed by atoms with E-state index in [2.05, 4.69) is 10.5 Å². The van der Waals surface area contributed by atoms with Crippen molar-refractivity contribution in [3.8, 4) is 0 Å². The molecule has 0 spiro atoms. The van der Waals surface area contributed by atoms with Crippen molar-refractivity contribution < 1.29 is 4.79 Å². The third-order valence-corrected chi connectivity index (χ3v) is 1.61. The van der Waals surface area contributed by atoms with Crippen LogP contribution in [0.5, 0.6) is 0 Å². The van der Waals surface area contributed by atoms with E-state index in [-0.39, 0.29) is 5.91 Å². The van der Waals surface area contributed by atoms with E-state index < -0.39 is 0 Å². The van der Waals surface area contributed by atoms with Crippen LogP contribution in [-0.4, -0.2) is 12.1 Å². The molecule has 0 saturated heterocycles. The Kier molecular flexibility index (Phi) is 3.20. The zero-order chi connectivity index (χ0) is 9.68. The zero-order valence-electron chi connectivity index (χ0n) is 7.74. The van der Waals surface area contributed by atoms with Gasteiger partial charge in [0.2, 0.25) is 0 Å². The van der Waals surface area contributed by atoms with Gasteiger partial charge in [0, 0.05) is 11.8 Å². The number of rotatable bonds is 2. The van der Waals surface area contributed by atoms with Gasteiger partial charge in [0.25, 0.3) is 5.91 Å². The largest absolute Gasteiger partial charge is 0.271 e. The van der Waals surface area contributed by atoms with Crippen molar-refractivity contribution >= 4 is 12.1 Å². The normalized spacial score (nSPS) is 10.3. The van der Waals surface area contributed by atoms with E-state index in [4.69, 9.17) is 0 Å². The Morgan fingerprint density at radius 2 is 2.00 bits per heavy atom. The van der Waals surface area contributed by atoms with Crippen LogP contribution in [0.25, 0.3) is 0 Å².